The number of hydrogen-bond acceptors (Lipinski definition) is 3. The highest BCUT2D eigenvalue weighted by atomic mass is 35.5. The number of aliphatic hydroxyl groups is 2. The minimum absolute atomic E-state index is 0.0509. The predicted octanol–water partition coefficient (Wildman–Crippen LogP) is 7.69. The number of hydrogen-bond donors (Lipinski definition) is 2. The van der Waals surface area contributed by atoms with Crippen molar-refractivity contribution in [3.8, 4) is 11.5 Å². The lowest BCUT2D eigenvalue weighted by Crippen LogP contribution is -1.98. The van der Waals surface area contributed by atoms with Gasteiger partial charge in [0.25, 0.3) is 0 Å². The highest BCUT2D eigenvalue weighted by Crippen LogP contribution is 2.52. The van der Waals surface area contributed by atoms with Crippen molar-refractivity contribution >= 4 is 92.8 Å². The minimum Gasteiger partial charge on any atom is -0.451 e. The molecule has 0 aliphatic carbocycles. The van der Waals surface area contributed by atoms with E-state index in [4.69, 9.17) is 97.5 Å². The molecule has 2 N–H and O–H groups in total. The Morgan fingerprint density at radius 2 is 0.720 bits per heavy atom. The molecule has 136 valence electrons. The number of benzene rings is 2. The van der Waals surface area contributed by atoms with E-state index in [0.717, 1.165) is 0 Å². The van der Waals surface area contributed by atoms with Gasteiger partial charge in [0.2, 0.25) is 0 Å². The fourth-order valence-electron chi connectivity index (χ4n) is 1.87. The van der Waals surface area contributed by atoms with E-state index in [1.165, 1.54) is 0 Å². The molecule has 0 fully saturated rings. The molecule has 2 aromatic rings. The summed E-state index contributed by atoms with van der Waals surface area (Å²) >= 11 is 48.8. The van der Waals surface area contributed by atoms with Crippen molar-refractivity contribution in [1.29, 1.82) is 0 Å². The van der Waals surface area contributed by atoms with Gasteiger partial charge in [-0.05, 0) is 0 Å². The topological polar surface area (TPSA) is 49.7 Å². The molecule has 2 aromatic carbocycles. The second kappa shape index (κ2) is 8.66. The van der Waals surface area contributed by atoms with Crippen molar-refractivity contribution in [3.63, 3.8) is 0 Å². The maximum Gasteiger partial charge on any atom is 0.167 e. The van der Waals surface area contributed by atoms with Gasteiger partial charge in [-0.15, -0.1) is 0 Å². The van der Waals surface area contributed by atoms with Crippen LogP contribution in [0.3, 0.4) is 0 Å². The van der Waals surface area contributed by atoms with Gasteiger partial charge in [0.05, 0.1) is 33.3 Å². The van der Waals surface area contributed by atoms with E-state index in [1.54, 1.807) is 0 Å². The van der Waals surface area contributed by atoms with Crippen LogP contribution < -0.4 is 4.74 Å². The quantitative estimate of drug-likeness (QED) is 0.419. The van der Waals surface area contributed by atoms with Crippen LogP contribution in [0.5, 0.6) is 11.5 Å². The summed E-state index contributed by atoms with van der Waals surface area (Å²) in [5, 5.41) is 18.0. The summed E-state index contributed by atoms with van der Waals surface area (Å²) in [4.78, 5) is 0. The van der Waals surface area contributed by atoms with Crippen molar-refractivity contribution in [3.05, 3.63) is 51.3 Å². The highest BCUT2D eigenvalue weighted by molar-refractivity contribution is 6.51. The molecule has 0 saturated carbocycles. The van der Waals surface area contributed by atoms with E-state index in [-0.39, 0.29) is 62.8 Å². The summed E-state index contributed by atoms with van der Waals surface area (Å²) in [6.45, 7) is -0.969. The SMILES string of the molecule is OCc1c(Cl)c(Cl)c(Oc2c(Cl)c(Cl)c(CO)c(Cl)c2Cl)c(Cl)c1Cl. The molecule has 0 atom stereocenters. The van der Waals surface area contributed by atoms with Crippen LogP contribution in [0.2, 0.25) is 40.2 Å². The average molecular weight is 506 g/mol. The normalized spacial score (nSPS) is 11.1. The lowest BCUT2D eigenvalue weighted by Gasteiger charge is -2.18. The van der Waals surface area contributed by atoms with Gasteiger partial charge in [0.15, 0.2) is 11.5 Å². The molecule has 0 saturated heterocycles. The first-order chi connectivity index (χ1) is 11.7. The van der Waals surface area contributed by atoms with Crippen LogP contribution in [0, 0.1) is 0 Å². The Hall–Kier alpha value is 0.480. The summed E-state index contributed by atoms with van der Waals surface area (Å²) < 4.78 is 5.59. The van der Waals surface area contributed by atoms with E-state index in [9.17, 15) is 10.2 Å². The second-order valence-electron chi connectivity index (χ2n) is 4.55. The molecule has 0 unspecified atom stereocenters. The zero-order chi connectivity index (χ0) is 19.0. The molecular weight excluding hydrogens is 500 g/mol. The smallest absolute Gasteiger partial charge is 0.167 e. The summed E-state index contributed by atoms with van der Waals surface area (Å²) in [6, 6.07) is 0. The van der Waals surface area contributed by atoms with Gasteiger partial charge in [-0.25, -0.2) is 0 Å². The Morgan fingerprint density at radius 1 is 0.480 bits per heavy atom. The van der Waals surface area contributed by atoms with E-state index in [2.05, 4.69) is 0 Å². The number of aliphatic hydroxyl groups excluding tert-OH is 2. The molecule has 0 aromatic heterocycles. The van der Waals surface area contributed by atoms with Crippen LogP contribution in [0.4, 0.5) is 0 Å². The predicted molar refractivity (Wildman–Crippen MR) is 105 cm³/mol. The molecular formula is C14H6Cl8O3. The number of ether oxygens (including phenoxy) is 1. The Labute approximate surface area is 182 Å². The molecule has 0 aliphatic rings. The van der Waals surface area contributed by atoms with E-state index in [0.29, 0.717) is 0 Å². The molecule has 0 heterocycles. The Kier molecular flexibility index (Phi) is 7.54. The molecule has 11 heteroatoms. The van der Waals surface area contributed by atoms with Gasteiger partial charge >= 0.3 is 0 Å². The first kappa shape index (κ1) is 21.8. The molecule has 0 spiro atoms. The van der Waals surface area contributed by atoms with Crippen LogP contribution in [0.15, 0.2) is 0 Å². The Balaban J connectivity index is 2.70. The summed E-state index contributed by atoms with van der Waals surface area (Å²) in [5.41, 5.74) is 0.268. The largest absolute Gasteiger partial charge is 0.451 e. The summed E-state index contributed by atoms with van der Waals surface area (Å²) in [7, 11) is 0. The fourth-order valence-corrected chi connectivity index (χ4v) is 4.02. The molecule has 0 amide bonds. The standard InChI is InChI=1S/C14H6Cl8O3/c15-5-3(1-23)6(16)10(20)13(9(5)19)25-14-11(21)7(17)4(2-24)8(18)12(14)22/h23-24H,1-2H2. The molecule has 0 radical (unpaired) electrons. The monoisotopic (exact) mass is 502 g/mol. The molecule has 0 bridgehead atoms. The average Bonchev–Trinajstić information content (AvgIpc) is 2.59. The van der Waals surface area contributed by atoms with Crippen LogP contribution in [-0.2, 0) is 13.2 Å². The zero-order valence-electron chi connectivity index (χ0n) is 11.7. The lowest BCUT2D eigenvalue weighted by molar-refractivity contribution is 0.282. The summed E-state index contributed by atoms with van der Waals surface area (Å²) in [5.74, 6) is -0.300. The fraction of sp³-hybridized carbons (Fsp3) is 0.143. The molecule has 2 rings (SSSR count). The summed E-state index contributed by atoms with van der Waals surface area (Å²) in [6.07, 6.45) is 0. The third-order valence-electron chi connectivity index (χ3n) is 3.15. The van der Waals surface area contributed by atoms with Gasteiger partial charge in [-0.3, -0.25) is 0 Å². The van der Waals surface area contributed by atoms with Crippen LogP contribution >= 0.6 is 92.8 Å². The first-order valence-corrected chi connectivity index (χ1v) is 9.28. The van der Waals surface area contributed by atoms with Crippen molar-refractivity contribution in [1.82, 2.24) is 0 Å². The Bertz CT molecular complexity index is 725. The maximum absolute atomic E-state index is 9.32. The van der Waals surface area contributed by atoms with Gasteiger partial charge in [0.1, 0.15) is 20.1 Å². The van der Waals surface area contributed by atoms with Crippen LogP contribution in [-0.4, -0.2) is 10.2 Å². The minimum atomic E-state index is -0.484. The lowest BCUT2D eigenvalue weighted by atomic mass is 10.2. The molecule has 0 aliphatic heterocycles. The van der Waals surface area contributed by atoms with Gasteiger partial charge in [-0.2, -0.15) is 0 Å². The zero-order valence-corrected chi connectivity index (χ0v) is 17.8. The van der Waals surface area contributed by atoms with Crippen LogP contribution in [0.1, 0.15) is 11.1 Å². The van der Waals surface area contributed by atoms with Crippen molar-refractivity contribution in [2.24, 2.45) is 0 Å². The number of halogens is 8. The third-order valence-corrected chi connectivity index (χ3v) is 6.65. The van der Waals surface area contributed by atoms with E-state index in [1.807, 2.05) is 0 Å². The van der Waals surface area contributed by atoms with E-state index < -0.39 is 13.2 Å². The Morgan fingerprint density at radius 3 is 0.920 bits per heavy atom. The van der Waals surface area contributed by atoms with Crippen LogP contribution in [0.25, 0.3) is 0 Å². The van der Waals surface area contributed by atoms with E-state index >= 15 is 0 Å². The molecule has 25 heavy (non-hydrogen) atoms. The van der Waals surface area contributed by atoms with Gasteiger partial charge in [-0.1, -0.05) is 92.8 Å². The third kappa shape index (κ3) is 3.88. The maximum atomic E-state index is 9.32. The molecule has 3 nitrogen and oxygen atoms in total. The van der Waals surface area contributed by atoms with Crippen molar-refractivity contribution < 1.29 is 14.9 Å². The first-order valence-electron chi connectivity index (χ1n) is 6.26. The van der Waals surface area contributed by atoms with Crippen molar-refractivity contribution in [2.75, 3.05) is 0 Å². The van der Waals surface area contributed by atoms with Gasteiger partial charge in [0, 0.05) is 11.1 Å². The second-order valence-corrected chi connectivity index (χ2v) is 7.57. The number of rotatable bonds is 4. The van der Waals surface area contributed by atoms with Crippen molar-refractivity contribution in [2.45, 2.75) is 13.2 Å². The van der Waals surface area contributed by atoms with Gasteiger partial charge < -0.3 is 14.9 Å². The highest BCUT2D eigenvalue weighted by Gasteiger charge is 2.26.